The van der Waals surface area contributed by atoms with Crippen molar-refractivity contribution < 1.29 is 19.6 Å². The average Bonchev–Trinajstić information content (AvgIpc) is 2.26. The van der Waals surface area contributed by atoms with Crippen molar-refractivity contribution >= 4 is 17.6 Å². The lowest BCUT2D eigenvalue weighted by atomic mass is 10.1. The Bertz CT molecular complexity index is 469. The highest BCUT2D eigenvalue weighted by Crippen LogP contribution is 2.17. The van der Waals surface area contributed by atoms with Crippen LogP contribution in [-0.4, -0.2) is 29.0 Å². The van der Waals surface area contributed by atoms with Gasteiger partial charge in [0, 0.05) is 19.2 Å². The van der Waals surface area contributed by atoms with Crippen LogP contribution in [0, 0.1) is 10.1 Å². The molecular weight excluding hydrogens is 216 g/mol. The molecule has 0 bridgehead atoms. The maximum atomic E-state index is 11.3. The predicted molar refractivity (Wildman–Crippen MR) is 53.4 cm³/mol. The number of hydrogen-bond donors (Lipinski definition) is 2. The molecule has 0 spiro atoms. The first-order valence-corrected chi connectivity index (χ1v) is 4.21. The van der Waals surface area contributed by atoms with Gasteiger partial charge >= 0.3 is 5.97 Å². The third-order valence-electron chi connectivity index (χ3n) is 1.92. The van der Waals surface area contributed by atoms with Gasteiger partial charge in [-0.15, -0.1) is 0 Å². The zero-order chi connectivity index (χ0) is 12.3. The summed E-state index contributed by atoms with van der Waals surface area (Å²) in [5.41, 5.74) is -0.876. The fourth-order valence-electron chi connectivity index (χ4n) is 1.16. The van der Waals surface area contributed by atoms with E-state index in [0.717, 1.165) is 18.2 Å². The van der Waals surface area contributed by atoms with Crippen LogP contribution in [0.25, 0.3) is 0 Å². The summed E-state index contributed by atoms with van der Waals surface area (Å²) in [5, 5.41) is 21.5. The number of non-ortho nitro benzene ring substituents is 1. The Morgan fingerprint density at radius 3 is 2.44 bits per heavy atom. The van der Waals surface area contributed by atoms with Crippen molar-refractivity contribution in [2.75, 3.05) is 7.05 Å². The molecule has 1 aromatic carbocycles. The van der Waals surface area contributed by atoms with Crippen LogP contribution in [-0.2, 0) is 0 Å². The number of carboxylic acids is 1. The second-order valence-corrected chi connectivity index (χ2v) is 2.87. The quantitative estimate of drug-likeness (QED) is 0.578. The summed E-state index contributed by atoms with van der Waals surface area (Å²) in [6.45, 7) is 0. The molecular formula is C9H8N2O5. The number of carbonyl (C=O) groups is 2. The maximum absolute atomic E-state index is 11.3. The van der Waals surface area contributed by atoms with E-state index in [1.165, 1.54) is 7.05 Å². The highest BCUT2D eigenvalue weighted by Gasteiger charge is 2.19. The van der Waals surface area contributed by atoms with Crippen LogP contribution >= 0.6 is 0 Å². The number of nitro benzene ring substituents is 1. The summed E-state index contributed by atoms with van der Waals surface area (Å²) in [7, 11) is 1.34. The molecule has 2 N–H and O–H groups in total. The van der Waals surface area contributed by atoms with Gasteiger partial charge in [0.05, 0.1) is 16.1 Å². The van der Waals surface area contributed by atoms with Crippen LogP contribution in [0.2, 0.25) is 0 Å². The lowest BCUT2D eigenvalue weighted by Crippen LogP contribution is -2.21. The summed E-state index contributed by atoms with van der Waals surface area (Å²) in [5.74, 6) is -1.99. The van der Waals surface area contributed by atoms with Crippen LogP contribution < -0.4 is 5.32 Å². The fraction of sp³-hybridized carbons (Fsp3) is 0.111. The molecule has 0 unspecified atom stereocenters. The SMILES string of the molecule is CNC(=O)c1ccc([N+](=O)[O-])cc1C(=O)O. The van der Waals surface area contributed by atoms with Gasteiger partial charge in [-0.25, -0.2) is 4.79 Å². The van der Waals surface area contributed by atoms with Gasteiger partial charge in [-0.3, -0.25) is 14.9 Å². The van der Waals surface area contributed by atoms with Gasteiger partial charge in [-0.1, -0.05) is 0 Å². The molecule has 0 radical (unpaired) electrons. The van der Waals surface area contributed by atoms with Crippen molar-refractivity contribution in [2.24, 2.45) is 0 Å². The number of amides is 1. The van der Waals surface area contributed by atoms with Gasteiger partial charge < -0.3 is 10.4 Å². The van der Waals surface area contributed by atoms with E-state index in [-0.39, 0.29) is 11.3 Å². The van der Waals surface area contributed by atoms with Crippen LogP contribution in [0.5, 0.6) is 0 Å². The van der Waals surface area contributed by atoms with Crippen molar-refractivity contribution in [3.63, 3.8) is 0 Å². The number of rotatable bonds is 3. The summed E-state index contributed by atoms with van der Waals surface area (Å²) in [6.07, 6.45) is 0. The molecule has 0 heterocycles. The van der Waals surface area contributed by atoms with Crippen LogP contribution in [0.3, 0.4) is 0 Å². The molecule has 1 aromatic rings. The predicted octanol–water partition coefficient (Wildman–Crippen LogP) is 0.653. The molecule has 0 fully saturated rings. The van der Waals surface area contributed by atoms with E-state index in [1.54, 1.807) is 0 Å². The van der Waals surface area contributed by atoms with Gasteiger partial charge in [0.1, 0.15) is 0 Å². The molecule has 7 nitrogen and oxygen atoms in total. The summed E-state index contributed by atoms with van der Waals surface area (Å²) >= 11 is 0. The number of nitro groups is 1. The normalized spacial score (nSPS) is 9.56. The van der Waals surface area contributed by atoms with Gasteiger partial charge in [0.2, 0.25) is 0 Å². The molecule has 0 aliphatic heterocycles. The highest BCUT2D eigenvalue weighted by molar-refractivity contribution is 6.05. The fourth-order valence-corrected chi connectivity index (χ4v) is 1.16. The van der Waals surface area contributed by atoms with E-state index in [2.05, 4.69) is 5.32 Å². The molecule has 7 heteroatoms. The maximum Gasteiger partial charge on any atom is 0.336 e. The van der Waals surface area contributed by atoms with Crippen molar-refractivity contribution in [3.8, 4) is 0 Å². The van der Waals surface area contributed by atoms with Crippen molar-refractivity contribution in [3.05, 3.63) is 39.4 Å². The number of aromatic carboxylic acids is 1. The van der Waals surface area contributed by atoms with E-state index < -0.39 is 22.4 Å². The molecule has 0 aliphatic carbocycles. The van der Waals surface area contributed by atoms with Crippen molar-refractivity contribution in [1.82, 2.24) is 5.32 Å². The molecule has 0 atom stereocenters. The zero-order valence-corrected chi connectivity index (χ0v) is 8.26. The van der Waals surface area contributed by atoms with E-state index in [4.69, 9.17) is 5.11 Å². The summed E-state index contributed by atoms with van der Waals surface area (Å²) in [6, 6.07) is 3.05. The standard InChI is InChI=1S/C9H8N2O5/c1-10-8(12)6-3-2-5(11(15)16)4-7(6)9(13)14/h2-4H,1H3,(H,10,12)(H,13,14). The molecule has 84 valence electrons. The van der Waals surface area contributed by atoms with Crippen LogP contribution in [0.4, 0.5) is 5.69 Å². The average molecular weight is 224 g/mol. The number of carbonyl (C=O) groups excluding carboxylic acids is 1. The number of benzene rings is 1. The van der Waals surface area contributed by atoms with Crippen molar-refractivity contribution in [1.29, 1.82) is 0 Å². The number of carboxylic acid groups (broad SMARTS) is 1. The first kappa shape index (κ1) is 11.6. The molecule has 0 saturated carbocycles. The molecule has 1 rings (SSSR count). The molecule has 1 amide bonds. The molecule has 0 aromatic heterocycles. The Hall–Kier alpha value is -2.44. The lowest BCUT2D eigenvalue weighted by molar-refractivity contribution is -0.384. The van der Waals surface area contributed by atoms with Crippen LogP contribution in [0.1, 0.15) is 20.7 Å². The summed E-state index contributed by atoms with van der Waals surface area (Å²) < 4.78 is 0. The largest absolute Gasteiger partial charge is 0.478 e. The molecule has 0 aliphatic rings. The minimum absolute atomic E-state index is 0.111. The summed E-state index contributed by atoms with van der Waals surface area (Å²) in [4.78, 5) is 31.8. The van der Waals surface area contributed by atoms with Gasteiger partial charge in [-0.05, 0) is 6.07 Å². The van der Waals surface area contributed by atoms with E-state index in [1.807, 2.05) is 0 Å². The van der Waals surface area contributed by atoms with Gasteiger partial charge in [0.25, 0.3) is 11.6 Å². The van der Waals surface area contributed by atoms with Gasteiger partial charge in [0.15, 0.2) is 0 Å². The Morgan fingerprint density at radius 2 is 2.00 bits per heavy atom. The Morgan fingerprint density at radius 1 is 1.38 bits per heavy atom. The third-order valence-corrected chi connectivity index (χ3v) is 1.92. The van der Waals surface area contributed by atoms with E-state index in [9.17, 15) is 19.7 Å². The highest BCUT2D eigenvalue weighted by atomic mass is 16.6. The second kappa shape index (κ2) is 4.39. The smallest absolute Gasteiger partial charge is 0.336 e. The van der Waals surface area contributed by atoms with Crippen molar-refractivity contribution in [2.45, 2.75) is 0 Å². The third kappa shape index (κ3) is 2.14. The minimum atomic E-state index is -1.39. The van der Waals surface area contributed by atoms with Crippen LogP contribution in [0.15, 0.2) is 18.2 Å². The van der Waals surface area contributed by atoms with E-state index >= 15 is 0 Å². The molecule has 16 heavy (non-hydrogen) atoms. The second-order valence-electron chi connectivity index (χ2n) is 2.87. The number of nitrogens with one attached hydrogen (secondary N) is 1. The number of nitrogens with zero attached hydrogens (tertiary/aromatic N) is 1. The number of hydrogen-bond acceptors (Lipinski definition) is 4. The Labute approximate surface area is 89.8 Å². The Kier molecular flexibility index (Phi) is 3.19. The molecule has 0 saturated heterocycles. The monoisotopic (exact) mass is 224 g/mol. The lowest BCUT2D eigenvalue weighted by Gasteiger charge is -2.03. The Balaban J connectivity index is 3.36. The minimum Gasteiger partial charge on any atom is -0.478 e. The first-order chi connectivity index (χ1) is 7.47. The van der Waals surface area contributed by atoms with E-state index in [0.29, 0.717) is 0 Å². The van der Waals surface area contributed by atoms with Gasteiger partial charge in [-0.2, -0.15) is 0 Å². The topological polar surface area (TPSA) is 110 Å². The first-order valence-electron chi connectivity index (χ1n) is 4.21. The zero-order valence-electron chi connectivity index (χ0n) is 8.26.